The lowest BCUT2D eigenvalue weighted by Gasteiger charge is -2.31. The van der Waals surface area contributed by atoms with Gasteiger partial charge in [-0.2, -0.15) is 4.98 Å². The van der Waals surface area contributed by atoms with Crippen molar-refractivity contribution in [1.82, 2.24) is 10.1 Å². The van der Waals surface area contributed by atoms with Crippen LogP contribution in [0.2, 0.25) is 0 Å². The molecule has 134 valence electrons. The number of benzene rings is 2. The number of methoxy groups -OCH3 is 1. The molecule has 0 fully saturated rings. The van der Waals surface area contributed by atoms with E-state index < -0.39 is 0 Å². The molecule has 0 amide bonds. The maximum absolute atomic E-state index is 5.31. The highest BCUT2D eigenvalue weighted by molar-refractivity contribution is 5.57. The Morgan fingerprint density at radius 1 is 1.15 bits per heavy atom. The molecule has 1 N–H and O–H groups in total. The fourth-order valence-electron chi connectivity index (χ4n) is 3.29. The largest absolute Gasteiger partial charge is 0.497 e. The Hall–Kier alpha value is -3.02. The van der Waals surface area contributed by atoms with Gasteiger partial charge >= 0.3 is 6.01 Å². The van der Waals surface area contributed by atoms with E-state index >= 15 is 0 Å². The number of nitrogens with zero attached hydrogens (tertiary/aromatic N) is 3. The molecule has 0 unspecified atom stereocenters. The van der Waals surface area contributed by atoms with E-state index in [9.17, 15) is 0 Å². The summed E-state index contributed by atoms with van der Waals surface area (Å²) >= 11 is 0. The molecule has 0 saturated carbocycles. The quantitative estimate of drug-likeness (QED) is 0.733. The van der Waals surface area contributed by atoms with Gasteiger partial charge in [0, 0.05) is 30.9 Å². The van der Waals surface area contributed by atoms with Gasteiger partial charge in [0.2, 0.25) is 5.82 Å². The van der Waals surface area contributed by atoms with E-state index in [-0.39, 0.29) is 0 Å². The number of hydrogen-bond acceptors (Lipinski definition) is 6. The predicted octanol–water partition coefficient (Wildman–Crippen LogP) is 3.61. The van der Waals surface area contributed by atoms with Crippen molar-refractivity contribution in [3.63, 3.8) is 0 Å². The number of aryl methyl sites for hydroxylation is 1. The standard InChI is InChI=1S/C20H22N4O2/c1-25-17-10-8-16(9-11-17)19-22-20(26-23-19)21-12-14-24-13-4-6-15-5-2-3-7-18(15)24/h2-3,5,7-11H,4,6,12-14H2,1H3,(H,21,22,23). The molecule has 0 saturated heterocycles. The first-order valence-corrected chi connectivity index (χ1v) is 8.88. The first-order valence-electron chi connectivity index (χ1n) is 8.88. The van der Waals surface area contributed by atoms with Crippen LogP contribution >= 0.6 is 0 Å². The van der Waals surface area contributed by atoms with E-state index in [1.807, 2.05) is 24.3 Å². The zero-order chi connectivity index (χ0) is 17.8. The highest BCUT2D eigenvalue weighted by Crippen LogP contribution is 2.26. The third-order valence-corrected chi connectivity index (χ3v) is 4.64. The molecule has 0 aliphatic carbocycles. The van der Waals surface area contributed by atoms with Gasteiger partial charge in [-0.1, -0.05) is 23.4 Å². The van der Waals surface area contributed by atoms with Crippen LogP contribution in [0.3, 0.4) is 0 Å². The monoisotopic (exact) mass is 350 g/mol. The maximum Gasteiger partial charge on any atom is 0.321 e. The minimum Gasteiger partial charge on any atom is -0.497 e. The Kier molecular flexibility index (Phi) is 4.73. The molecule has 2 heterocycles. The van der Waals surface area contributed by atoms with Crippen LogP contribution in [0.25, 0.3) is 11.4 Å². The summed E-state index contributed by atoms with van der Waals surface area (Å²) in [4.78, 5) is 6.82. The molecule has 1 aliphatic heterocycles. The summed E-state index contributed by atoms with van der Waals surface area (Å²) in [6.07, 6.45) is 2.36. The van der Waals surface area contributed by atoms with E-state index in [1.54, 1.807) is 7.11 Å². The number of nitrogens with one attached hydrogen (secondary N) is 1. The predicted molar refractivity (Wildman–Crippen MR) is 102 cm³/mol. The zero-order valence-electron chi connectivity index (χ0n) is 14.8. The first-order chi connectivity index (χ1) is 12.8. The van der Waals surface area contributed by atoms with Gasteiger partial charge in [0.25, 0.3) is 0 Å². The average molecular weight is 350 g/mol. The first kappa shape index (κ1) is 16.4. The van der Waals surface area contributed by atoms with Gasteiger partial charge in [-0.15, -0.1) is 0 Å². The van der Waals surface area contributed by atoms with Gasteiger partial charge in [-0.05, 0) is 48.7 Å². The SMILES string of the molecule is COc1ccc(-c2noc(NCCN3CCCc4ccccc43)n2)cc1. The number of fused-ring (bicyclic) bond motifs is 1. The van der Waals surface area contributed by atoms with Crippen LogP contribution in [0, 0.1) is 0 Å². The molecule has 0 bridgehead atoms. The normalized spacial score (nSPS) is 13.3. The Labute approximate surface area is 152 Å². The lowest BCUT2D eigenvalue weighted by atomic mass is 10.0. The zero-order valence-corrected chi connectivity index (χ0v) is 14.8. The second kappa shape index (κ2) is 7.47. The van der Waals surface area contributed by atoms with Gasteiger partial charge in [-0.25, -0.2) is 0 Å². The molecular weight excluding hydrogens is 328 g/mol. The molecule has 3 aromatic rings. The Morgan fingerprint density at radius 2 is 2.00 bits per heavy atom. The Morgan fingerprint density at radius 3 is 2.85 bits per heavy atom. The number of rotatable bonds is 6. The molecule has 26 heavy (non-hydrogen) atoms. The van der Waals surface area contributed by atoms with E-state index in [0.717, 1.165) is 37.4 Å². The Bertz CT molecular complexity index is 860. The van der Waals surface area contributed by atoms with Crippen molar-refractivity contribution in [2.24, 2.45) is 0 Å². The van der Waals surface area contributed by atoms with Gasteiger partial charge in [-0.3, -0.25) is 0 Å². The van der Waals surface area contributed by atoms with Crippen molar-refractivity contribution < 1.29 is 9.26 Å². The average Bonchev–Trinajstić information content (AvgIpc) is 3.17. The van der Waals surface area contributed by atoms with Gasteiger partial charge in [0.15, 0.2) is 0 Å². The molecule has 0 atom stereocenters. The van der Waals surface area contributed by atoms with Crippen LogP contribution in [0.5, 0.6) is 5.75 Å². The van der Waals surface area contributed by atoms with Crippen LogP contribution in [0.15, 0.2) is 53.1 Å². The second-order valence-corrected chi connectivity index (χ2v) is 6.30. The van der Waals surface area contributed by atoms with Crippen molar-refractivity contribution in [2.45, 2.75) is 12.8 Å². The molecule has 2 aromatic carbocycles. The summed E-state index contributed by atoms with van der Waals surface area (Å²) in [6.45, 7) is 2.73. The number of ether oxygens (including phenoxy) is 1. The summed E-state index contributed by atoms with van der Waals surface area (Å²) in [6, 6.07) is 16.7. The van der Waals surface area contributed by atoms with Crippen LogP contribution < -0.4 is 15.0 Å². The minimum absolute atomic E-state index is 0.445. The molecular formula is C20H22N4O2. The van der Waals surface area contributed by atoms with Gasteiger partial charge < -0.3 is 19.5 Å². The van der Waals surface area contributed by atoms with Crippen molar-refractivity contribution in [2.75, 3.05) is 37.0 Å². The highest BCUT2D eigenvalue weighted by atomic mass is 16.5. The fraction of sp³-hybridized carbons (Fsp3) is 0.300. The molecule has 0 spiro atoms. The molecule has 0 radical (unpaired) electrons. The summed E-state index contributed by atoms with van der Waals surface area (Å²) in [5, 5.41) is 7.27. The lowest BCUT2D eigenvalue weighted by Crippen LogP contribution is -2.33. The molecule has 6 nitrogen and oxygen atoms in total. The van der Waals surface area contributed by atoms with Crippen LogP contribution in [0.1, 0.15) is 12.0 Å². The number of para-hydroxylation sites is 1. The van der Waals surface area contributed by atoms with E-state index in [2.05, 4.69) is 44.6 Å². The van der Waals surface area contributed by atoms with Crippen LogP contribution in [0.4, 0.5) is 11.7 Å². The van der Waals surface area contributed by atoms with Crippen molar-refractivity contribution in [3.05, 3.63) is 54.1 Å². The third-order valence-electron chi connectivity index (χ3n) is 4.64. The summed E-state index contributed by atoms with van der Waals surface area (Å²) in [5.41, 5.74) is 3.66. The smallest absolute Gasteiger partial charge is 0.321 e. The number of hydrogen-bond donors (Lipinski definition) is 1. The molecule has 6 heteroatoms. The van der Waals surface area contributed by atoms with Gasteiger partial charge in [0.05, 0.1) is 7.11 Å². The third kappa shape index (κ3) is 3.49. The van der Waals surface area contributed by atoms with Crippen molar-refractivity contribution in [3.8, 4) is 17.1 Å². The van der Waals surface area contributed by atoms with E-state index in [1.165, 1.54) is 17.7 Å². The van der Waals surface area contributed by atoms with Crippen molar-refractivity contribution in [1.29, 1.82) is 0 Å². The summed E-state index contributed by atoms with van der Waals surface area (Å²) < 4.78 is 10.5. The molecule has 1 aromatic heterocycles. The second-order valence-electron chi connectivity index (χ2n) is 6.30. The maximum atomic E-state index is 5.31. The molecule has 4 rings (SSSR count). The van der Waals surface area contributed by atoms with Crippen LogP contribution in [-0.4, -0.2) is 36.9 Å². The molecule has 1 aliphatic rings. The fourth-order valence-corrected chi connectivity index (χ4v) is 3.29. The lowest BCUT2D eigenvalue weighted by molar-refractivity contribution is 0.415. The van der Waals surface area contributed by atoms with E-state index in [4.69, 9.17) is 9.26 Å². The summed E-state index contributed by atoms with van der Waals surface area (Å²) in [7, 11) is 1.64. The number of aromatic nitrogens is 2. The minimum atomic E-state index is 0.445. The summed E-state index contributed by atoms with van der Waals surface area (Å²) in [5.74, 6) is 1.37. The number of anilines is 2. The van der Waals surface area contributed by atoms with Gasteiger partial charge in [0.1, 0.15) is 5.75 Å². The van der Waals surface area contributed by atoms with Crippen LogP contribution in [-0.2, 0) is 6.42 Å². The Balaban J connectivity index is 1.35. The topological polar surface area (TPSA) is 63.4 Å². The van der Waals surface area contributed by atoms with E-state index in [0.29, 0.717) is 11.8 Å². The van der Waals surface area contributed by atoms with Crippen molar-refractivity contribution >= 4 is 11.7 Å². The highest BCUT2D eigenvalue weighted by Gasteiger charge is 2.16.